The fourth-order valence-corrected chi connectivity index (χ4v) is 0.214. The van der Waals surface area contributed by atoms with Crippen LogP contribution in [-0.2, 0) is 9.59 Å². The molecule has 9 heavy (non-hydrogen) atoms. The molecular formula is C4H7O4Rb. The van der Waals surface area contributed by atoms with Crippen LogP contribution >= 0.6 is 0 Å². The van der Waals surface area contributed by atoms with E-state index in [0.717, 1.165) is 0 Å². The van der Waals surface area contributed by atoms with Crippen LogP contribution in [-0.4, -0.2) is 80.3 Å². The summed E-state index contributed by atoms with van der Waals surface area (Å²) in [5.74, 6) is -2.15. The van der Waals surface area contributed by atoms with Gasteiger partial charge in [0.15, 0.2) is 0 Å². The molecule has 5 heteroatoms. The van der Waals surface area contributed by atoms with E-state index in [1.807, 2.05) is 0 Å². The Morgan fingerprint density at radius 1 is 1.00 bits per heavy atom. The zero-order chi connectivity index (χ0) is 6.57. The summed E-state index contributed by atoms with van der Waals surface area (Å²) >= 11 is 0. The van der Waals surface area contributed by atoms with Crippen LogP contribution in [0.1, 0.15) is 12.8 Å². The van der Waals surface area contributed by atoms with Gasteiger partial charge in [0.05, 0.1) is 12.8 Å². The monoisotopic (exact) mass is 204 g/mol. The summed E-state index contributed by atoms with van der Waals surface area (Å²) < 4.78 is 0. The number of aliphatic carboxylic acids is 2. The Kier molecular flexibility index (Phi) is 9.47. The van der Waals surface area contributed by atoms with Crippen LogP contribution < -0.4 is 0 Å². The molecule has 0 aliphatic rings. The van der Waals surface area contributed by atoms with Gasteiger partial charge in [-0.2, -0.15) is 0 Å². The van der Waals surface area contributed by atoms with Crippen LogP contribution in [0.5, 0.6) is 0 Å². The SMILES string of the molecule is O=C(O)CCC(=O)O.[RbH]. The van der Waals surface area contributed by atoms with Gasteiger partial charge >= 0.3 is 70.1 Å². The number of hydrogen-bond donors (Lipinski definition) is 2. The first-order valence-electron chi connectivity index (χ1n) is 2.06. The van der Waals surface area contributed by atoms with E-state index in [2.05, 4.69) is 0 Å². The molecular weight excluding hydrogens is 198 g/mol. The van der Waals surface area contributed by atoms with Crippen molar-refractivity contribution in [3.05, 3.63) is 0 Å². The second kappa shape index (κ2) is 6.86. The van der Waals surface area contributed by atoms with E-state index in [1.54, 1.807) is 0 Å². The predicted molar refractivity (Wildman–Crippen MR) is 31.7 cm³/mol. The molecule has 2 N–H and O–H groups in total. The van der Waals surface area contributed by atoms with Gasteiger partial charge in [-0.25, -0.2) is 0 Å². The van der Waals surface area contributed by atoms with Crippen LogP contribution in [0.4, 0.5) is 0 Å². The molecule has 0 spiro atoms. The van der Waals surface area contributed by atoms with Crippen LogP contribution in [0.15, 0.2) is 0 Å². The molecule has 0 unspecified atom stereocenters. The van der Waals surface area contributed by atoms with E-state index in [4.69, 9.17) is 10.2 Å². The third kappa shape index (κ3) is 12.1. The molecule has 0 heterocycles. The Labute approximate surface area is 101 Å². The molecule has 0 fully saturated rings. The predicted octanol–water partition coefficient (Wildman–Crippen LogP) is -0.713. The zero-order valence-electron chi connectivity index (χ0n) is 4.13. The van der Waals surface area contributed by atoms with E-state index >= 15 is 0 Å². The topological polar surface area (TPSA) is 74.6 Å². The van der Waals surface area contributed by atoms with Gasteiger partial charge in [-0.15, -0.1) is 0 Å². The van der Waals surface area contributed by atoms with Crippen LogP contribution in [0.3, 0.4) is 0 Å². The van der Waals surface area contributed by atoms with Crippen LogP contribution in [0.25, 0.3) is 0 Å². The van der Waals surface area contributed by atoms with E-state index < -0.39 is 11.9 Å². The molecule has 0 aliphatic carbocycles. The first-order chi connectivity index (χ1) is 3.63. The summed E-state index contributed by atoms with van der Waals surface area (Å²) in [6.45, 7) is 0. The molecule has 0 aromatic heterocycles. The molecule has 0 amide bonds. The molecule has 0 saturated carbocycles. The minimum absolute atomic E-state index is 0. The molecule has 0 saturated heterocycles. The van der Waals surface area contributed by atoms with E-state index in [1.165, 1.54) is 0 Å². The quantitative estimate of drug-likeness (QED) is 0.637. The molecule has 0 atom stereocenters. The van der Waals surface area contributed by atoms with E-state index in [9.17, 15) is 9.59 Å². The summed E-state index contributed by atoms with van der Waals surface area (Å²) in [4.78, 5) is 19.3. The molecule has 0 aromatic carbocycles. The maximum atomic E-state index is 9.64. The standard InChI is InChI=1S/C4H6O4.Rb.H/c5-3(6)1-2-4(7)8;;/h1-2H2,(H,5,6)(H,7,8);;. The summed E-state index contributed by atoms with van der Waals surface area (Å²) in [6, 6.07) is 0. The van der Waals surface area contributed by atoms with Gasteiger partial charge < -0.3 is 10.2 Å². The summed E-state index contributed by atoms with van der Waals surface area (Å²) in [5, 5.41) is 15.8. The molecule has 0 aliphatic heterocycles. The van der Waals surface area contributed by atoms with Crippen molar-refractivity contribution in [1.29, 1.82) is 0 Å². The summed E-state index contributed by atoms with van der Waals surface area (Å²) in [5.41, 5.74) is 0. The van der Waals surface area contributed by atoms with Gasteiger partial charge in [0, 0.05) is 0 Å². The summed E-state index contributed by atoms with van der Waals surface area (Å²) in [7, 11) is 0. The van der Waals surface area contributed by atoms with Crippen molar-refractivity contribution in [3.63, 3.8) is 0 Å². The first kappa shape index (κ1) is 12.4. The Morgan fingerprint density at radius 2 is 1.22 bits per heavy atom. The van der Waals surface area contributed by atoms with Crippen molar-refractivity contribution in [3.8, 4) is 0 Å². The Morgan fingerprint density at radius 3 is 1.33 bits per heavy atom. The van der Waals surface area contributed by atoms with Crippen LogP contribution in [0, 0.1) is 0 Å². The van der Waals surface area contributed by atoms with Gasteiger partial charge in [0.1, 0.15) is 0 Å². The molecule has 4 nitrogen and oxygen atoms in total. The number of carboxylic acid groups (broad SMARTS) is 2. The number of carboxylic acids is 2. The van der Waals surface area contributed by atoms with E-state index in [0.29, 0.717) is 0 Å². The van der Waals surface area contributed by atoms with Gasteiger partial charge in [0.25, 0.3) is 0 Å². The van der Waals surface area contributed by atoms with Crippen molar-refractivity contribution >= 4 is 70.1 Å². The van der Waals surface area contributed by atoms with Crippen molar-refractivity contribution in [2.24, 2.45) is 0 Å². The second-order valence-electron chi connectivity index (χ2n) is 1.29. The molecule has 0 aromatic rings. The normalized spacial score (nSPS) is 7.56. The fraction of sp³-hybridized carbons (Fsp3) is 0.500. The van der Waals surface area contributed by atoms with Gasteiger partial charge in [0.2, 0.25) is 0 Å². The first-order valence-corrected chi connectivity index (χ1v) is 2.06. The fourth-order valence-electron chi connectivity index (χ4n) is 0.214. The van der Waals surface area contributed by atoms with Gasteiger partial charge in [-0.1, -0.05) is 0 Å². The van der Waals surface area contributed by atoms with Crippen molar-refractivity contribution in [1.82, 2.24) is 0 Å². The molecule has 48 valence electrons. The average Bonchev–Trinajstić information content (AvgIpc) is 1.61. The van der Waals surface area contributed by atoms with Crippen molar-refractivity contribution in [2.45, 2.75) is 12.8 Å². The Bertz CT molecular complexity index is 97.1. The summed E-state index contributed by atoms with van der Waals surface area (Å²) in [6.07, 6.45) is -0.593. The molecule has 0 radical (unpaired) electrons. The van der Waals surface area contributed by atoms with Crippen LogP contribution in [0.2, 0.25) is 0 Å². The van der Waals surface area contributed by atoms with E-state index in [-0.39, 0.29) is 71.0 Å². The number of rotatable bonds is 3. The minimum atomic E-state index is -1.08. The zero-order valence-corrected chi connectivity index (χ0v) is 4.13. The number of hydrogen-bond acceptors (Lipinski definition) is 2. The Balaban J connectivity index is 0. The number of carbonyl (C=O) groups is 2. The van der Waals surface area contributed by atoms with Gasteiger partial charge in [-0.3, -0.25) is 9.59 Å². The molecule has 0 rings (SSSR count). The van der Waals surface area contributed by atoms with Crippen molar-refractivity contribution < 1.29 is 19.8 Å². The third-order valence-electron chi connectivity index (χ3n) is 0.553. The second-order valence-corrected chi connectivity index (χ2v) is 1.29. The van der Waals surface area contributed by atoms with Crippen molar-refractivity contribution in [2.75, 3.05) is 0 Å². The average molecular weight is 205 g/mol. The third-order valence-corrected chi connectivity index (χ3v) is 0.553. The van der Waals surface area contributed by atoms with Gasteiger partial charge in [-0.05, 0) is 0 Å². The maximum absolute atomic E-state index is 9.64. The Hall–Kier alpha value is 0.745. The molecule has 0 bridgehead atoms.